The monoisotopic (exact) mass is 224 g/mol. The average Bonchev–Trinajstić information content (AvgIpc) is 2.17. The van der Waals surface area contributed by atoms with Gasteiger partial charge in [-0.15, -0.1) is 6.42 Å². The first-order valence-electron chi connectivity index (χ1n) is 5.84. The minimum Gasteiger partial charge on any atom is -0.353 e. The van der Waals surface area contributed by atoms with Crippen LogP contribution in [0.1, 0.15) is 47.5 Å². The molecule has 0 unspecified atom stereocenters. The summed E-state index contributed by atoms with van der Waals surface area (Å²) in [6.45, 7) is 10.5. The molecule has 0 aliphatic heterocycles. The number of ether oxygens (including phenoxy) is 2. The first-order valence-corrected chi connectivity index (χ1v) is 5.84. The van der Waals surface area contributed by atoms with Crippen LogP contribution in [0.25, 0.3) is 0 Å². The molecular formula is C14H24O2. The van der Waals surface area contributed by atoms with Crippen LogP contribution in [0.5, 0.6) is 0 Å². The van der Waals surface area contributed by atoms with Gasteiger partial charge >= 0.3 is 0 Å². The van der Waals surface area contributed by atoms with Gasteiger partial charge in [-0.3, -0.25) is 0 Å². The average molecular weight is 224 g/mol. The fraction of sp³-hybridized carbons (Fsp3) is 0.714. The second kappa shape index (κ2) is 7.49. The van der Waals surface area contributed by atoms with Crippen LogP contribution in [0.2, 0.25) is 0 Å². The summed E-state index contributed by atoms with van der Waals surface area (Å²) in [6.07, 6.45) is 9.18. The van der Waals surface area contributed by atoms with Gasteiger partial charge in [0.25, 0.3) is 0 Å². The number of hydrogen-bond acceptors (Lipinski definition) is 2. The van der Waals surface area contributed by atoms with Gasteiger partial charge in [0.1, 0.15) is 5.60 Å². The normalized spacial score (nSPS) is 16.0. The predicted octanol–water partition coefficient (Wildman–Crippen LogP) is 3.52. The van der Waals surface area contributed by atoms with E-state index in [9.17, 15) is 0 Å². The van der Waals surface area contributed by atoms with Crippen molar-refractivity contribution in [3.63, 3.8) is 0 Å². The van der Waals surface area contributed by atoms with Gasteiger partial charge in [0, 0.05) is 6.61 Å². The molecule has 0 saturated carbocycles. The molecule has 0 N–H and O–H groups in total. The minimum absolute atomic E-state index is 0.252. The maximum absolute atomic E-state index is 5.72. The zero-order valence-electron chi connectivity index (χ0n) is 11.2. The van der Waals surface area contributed by atoms with E-state index in [0.29, 0.717) is 6.61 Å². The molecule has 0 spiro atoms. The summed E-state index contributed by atoms with van der Waals surface area (Å²) in [7, 11) is 0. The summed E-state index contributed by atoms with van der Waals surface area (Å²) in [5, 5.41) is 0. The molecular weight excluding hydrogens is 200 g/mol. The fourth-order valence-electron chi connectivity index (χ4n) is 1.44. The van der Waals surface area contributed by atoms with Gasteiger partial charge in [0.05, 0.1) is 0 Å². The third-order valence-electron chi connectivity index (χ3n) is 2.31. The highest BCUT2D eigenvalue weighted by atomic mass is 16.7. The quantitative estimate of drug-likeness (QED) is 0.374. The standard InChI is InChI=1S/C14H24O2/c1-7-14(6,11-9-10-12(3)4)16-13(5)15-8-2/h1,10,13H,8-9,11H2,2-6H3/t13-,14+/m1/s1. The zero-order valence-corrected chi connectivity index (χ0v) is 11.2. The maximum atomic E-state index is 5.72. The van der Waals surface area contributed by atoms with Gasteiger partial charge in [0.2, 0.25) is 0 Å². The van der Waals surface area contributed by atoms with E-state index in [-0.39, 0.29) is 6.29 Å². The highest BCUT2D eigenvalue weighted by Gasteiger charge is 2.24. The molecule has 2 atom stereocenters. The molecule has 0 fully saturated rings. The molecule has 0 aliphatic carbocycles. The van der Waals surface area contributed by atoms with Crippen molar-refractivity contribution in [2.75, 3.05) is 6.61 Å². The highest BCUT2D eigenvalue weighted by Crippen LogP contribution is 2.20. The molecule has 0 aliphatic rings. The first kappa shape index (κ1) is 15.2. The lowest BCUT2D eigenvalue weighted by atomic mass is 10.00. The third-order valence-corrected chi connectivity index (χ3v) is 2.31. The molecule has 2 nitrogen and oxygen atoms in total. The zero-order chi connectivity index (χ0) is 12.6. The van der Waals surface area contributed by atoms with E-state index in [1.165, 1.54) is 5.57 Å². The Hall–Kier alpha value is -0.780. The maximum Gasteiger partial charge on any atom is 0.156 e. The Kier molecular flexibility index (Phi) is 7.12. The van der Waals surface area contributed by atoms with Crippen molar-refractivity contribution in [1.29, 1.82) is 0 Å². The van der Waals surface area contributed by atoms with Crippen molar-refractivity contribution in [3.8, 4) is 12.3 Å². The third kappa shape index (κ3) is 6.66. The van der Waals surface area contributed by atoms with Crippen LogP contribution in [0.15, 0.2) is 11.6 Å². The van der Waals surface area contributed by atoms with Crippen LogP contribution in [0.3, 0.4) is 0 Å². The van der Waals surface area contributed by atoms with Crippen molar-refractivity contribution >= 4 is 0 Å². The van der Waals surface area contributed by atoms with E-state index >= 15 is 0 Å². The van der Waals surface area contributed by atoms with Crippen molar-refractivity contribution < 1.29 is 9.47 Å². The SMILES string of the molecule is C#C[C@@](C)(CCC=C(C)C)O[C@H](C)OCC. The van der Waals surface area contributed by atoms with Gasteiger partial charge in [-0.1, -0.05) is 17.6 Å². The smallest absolute Gasteiger partial charge is 0.156 e. The molecule has 2 heteroatoms. The lowest BCUT2D eigenvalue weighted by Gasteiger charge is -2.27. The van der Waals surface area contributed by atoms with Crippen LogP contribution in [-0.2, 0) is 9.47 Å². The second-order valence-electron chi connectivity index (χ2n) is 4.34. The van der Waals surface area contributed by atoms with Gasteiger partial charge in [-0.25, -0.2) is 0 Å². The van der Waals surface area contributed by atoms with Crippen LogP contribution in [0.4, 0.5) is 0 Å². The molecule has 0 heterocycles. The fourth-order valence-corrected chi connectivity index (χ4v) is 1.44. The molecule has 0 rings (SSSR count). The van der Waals surface area contributed by atoms with Crippen molar-refractivity contribution in [3.05, 3.63) is 11.6 Å². The Balaban J connectivity index is 4.21. The summed E-state index contributed by atoms with van der Waals surface area (Å²) in [6, 6.07) is 0. The first-order chi connectivity index (χ1) is 7.43. The summed E-state index contributed by atoms with van der Waals surface area (Å²) in [5.74, 6) is 2.71. The number of allylic oxidation sites excluding steroid dienone is 2. The second-order valence-corrected chi connectivity index (χ2v) is 4.34. The van der Waals surface area contributed by atoms with Crippen molar-refractivity contribution in [2.24, 2.45) is 0 Å². The van der Waals surface area contributed by atoms with Crippen LogP contribution < -0.4 is 0 Å². The highest BCUT2D eigenvalue weighted by molar-refractivity contribution is 5.07. The number of hydrogen-bond donors (Lipinski definition) is 0. The Morgan fingerprint density at radius 1 is 1.50 bits per heavy atom. The van der Waals surface area contributed by atoms with Gasteiger partial charge in [-0.2, -0.15) is 0 Å². The van der Waals surface area contributed by atoms with Gasteiger partial charge in [-0.05, 0) is 47.5 Å². The molecule has 0 amide bonds. The summed E-state index contributed by atoms with van der Waals surface area (Å²) < 4.78 is 11.1. The molecule has 0 bridgehead atoms. The molecule has 92 valence electrons. The lowest BCUT2D eigenvalue weighted by molar-refractivity contribution is -0.176. The molecule has 0 aromatic rings. The summed E-state index contributed by atoms with van der Waals surface area (Å²) in [4.78, 5) is 0. The van der Waals surface area contributed by atoms with Gasteiger partial charge in [0.15, 0.2) is 6.29 Å². The Morgan fingerprint density at radius 3 is 2.56 bits per heavy atom. The molecule has 0 saturated heterocycles. The topological polar surface area (TPSA) is 18.5 Å². The van der Waals surface area contributed by atoms with E-state index < -0.39 is 5.60 Å². The van der Waals surface area contributed by atoms with E-state index in [1.807, 2.05) is 20.8 Å². The van der Waals surface area contributed by atoms with Crippen LogP contribution in [0, 0.1) is 12.3 Å². The van der Waals surface area contributed by atoms with Gasteiger partial charge < -0.3 is 9.47 Å². The molecule has 0 aromatic heterocycles. The van der Waals surface area contributed by atoms with Crippen molar-refractivity contribution in [1.82, 2.24) is 0 Å². The van der Waals surface area contributed by atoms with E-state index in [1.54, 1.807) is 0 Å². The summed E-state index contributed by atoms with van der Waals surface area (Å²) in [5.41, 5.74) is 0.762. The van der Waals surface area contributed by atoms with Crippen LogP contribution >= 0.6 is 0 Å². The Labute approximate surface area is 100 Å². The van der Waals surface area contributed by atoms with Crippen molar-refractivity contribution in [2.45, 2.75) is 59.4 Å². The minimum atomic E-state index is -0.541. The molecule has 0 aromatic carbocycles. The number of terminal acetylenes is 1. The Morgan fingerprint density at radius 2 is 2.12 bits per heavy atom. The largest absolute Gasteiger partial charge is 0.353 e. The van der Waals surface area contributed by atoms with Crippen LogP contribution in [-0.4, -0.2) is 18.5 Å². The Bertz CT molecular complexity index is 258. The van der Waals surface area contributed by atoms with E-state index in [2.05, 4.69) is 25.8 Å². The number of rotatable bonds is 7. The predicted molar refractivity (Wildman–Crippen MR) is 68.1 cm³/mol. The molecule has 0 radical (unpaired) electrons. The summed E-state index contributed by atoms with van der Waals surface area (Å²) >= 11 is 0. The van der Waals surface area contributed by atoms with E-state index in [4.69, 9.17) is 15.9 Å². The van der Waals surface area contributed by atoms with E-state index in [0.717, 1.165) is 12.8 Å². The lowest BCUT2D eigenvalue weighted by Crippen LogP contribution is -2.32. The molecule has 16 heavy (non-hydrogen) atoms.